The van der Waals surface area contributed by atoms with Crippen LogP contribution in [0.1, 0.15) is 46.0 Å². The first kappa shape index (κ1) is 14.9. The minimum Gasteiger partial charge on any atom is -0.334 e. The molecule has 2 aromatic heterocycles. The van der Waals surface area contributed by atoms with E-state index in [9.17, 15) is 4.79 Å². The van der Waals surface area contributed by atoms with E-state index in [-0.39, 0.29) is 11.9 Å². The van der Waals surface area contributed by atoms with Gasteiger partial charge in [-0.3, -0.25) is 9.78 Å². The molecule has 0 aliphatic carbocycles. The third kappa shape index (κ3) is 2.28. The van der Waals surface area contributed by atoms with E-state index in [1.807, 2.05) is 37.1 Å². The van der Waals surface area contributed by atoms with E-state index in [0.29, 0.717) is 12.4 Å². The number of H-pyrrole nitrogens is 1. The van der Waals surface area contributed by atoms with Crippen molar-refractivity contribution in [2.24, 2.45) is 0 Å². The largest absolute Gasteiger partial charge is 0.334 e. The number of aryl methyl sites for hydroxylation is 2. The Kier molecular flexibility index (Phi) is 3.37. The van der Waals surface area contributed by atoms with Gasteiger partial charge in [-0.2, -0.15) is 0 Å². The van der Waals surface area contributed by atoms with Crippen LogP contribution in [0, 0.1) is 13.8 Å². The molecule has 3 aromatic rings. The Labute approximate surface area is 140 Å². The summed E-state index contributed by atoms with van der Waals surface area (Å²) in [5.41, 5.74) is 6.25. The van der Waals surface area contributed by atoms with E-state index >= 15 is 0 Å². The Morgan fingerprint density at radius 2 is 2.17 bits per heavy atom. The molecule has 3 heterocycles. The van der Waals surface area contributed by atoms with Gasteiger partial charge in [0.1, 0.15) is 0 Å². The predicted octanol–water partition coefficient (Wildman–Crippen LogP) is 3.33. The number of aromatic amines is 1. The summed E-state index contributed by atoms with van der Waals surface area (Å²) in [6.45, 7) is 6.79. The van der Waals surface area contributed by atoms with Gasteiger partial charge in [-0.05, 0) is 49.6 Å². The van der Waals surface area contributed by atoms with Crippen molar-refractivity contribution < 1.29 is 4.79 Å². The second-order valence-electron chi connectivity index (χ2n) is 6.53. The van der Waals surface area contributed by atoms with E-state index < -0.39 is 0 Å². The lowest BCUT2D eigenvalue weighted by Gasteiger charge is -2.34. The molecule has 4 rings (SSSR count). The van der Waals surface area contributed by atoms with Gasteiger partial charge in [0.25, 0.3) is 5.91 Å². The number of fused-ring (bicyclic) bond motifs is 2. The van der Waals surface area contributed by atoms with Gasteiger partial charge in [0.15, 0.2) is 5.82 Å². The number of rotatable bonds is 1. The fourth-order valence-electron chi connectivity index (χ4n) is 3.61. The second-order valence-corrected chi connectivity index (χ2v) is 6.53. The number of hydrogen-bond acceptors (Lipinski definition) is 3. The number of imidazole rings is 1. The zero-order valence-electron chi connectivity index (χ0n) is 14.1. The topological polar surface area (TPSA) is 61.9 Å². The number of benzene rings is 1. The molecule has 0 bridgehead atoms. The first-order valence-electron chi connectivity index (χ1n) is 8.26. The van der Waals surface area contributed by atoms with Gasteiger partial charge in [-0.1, -0.05) is 12.1 Å². The van der Waals surface area contributed by atoms with Gasteiger partial charge in [0.2, 0.25) is 0 Å². The van der Waals surface area contributed by atoms with Crippen LogP contribution in [0.4, 0.5) is 0 Å². The summed E-state index contributed by atoms with van der Waals surface area (Å²) in [6, 6.07) is 8.11. The Hall–Kier alpha value is -2.69. The maximum absolute atomic E-state index is 13.0. The molecule has 1 aliphatic heterocycles. The number of hydrogen-bond donors (Lipinski definition) is 1. The molecule has 0 saturated heterocycles. The number of carbonyl (C=O) groups is 1. The predicted molar refractivity (Wildman–Crippen MR) is 93.0 cm³/mol. The zero-order valence-corrected chi connectivity index (χ0v) is 14.1. The van der Waals surface area contributed by atoms with Crippen LogP contribution >= 0.6 is 0 Å². The molecule has 1 aliphatic rings. The van der Waals surface area contributed by atoms with Crippen molar-refractivity contribution in [3.63, 3.8) is 0 Å². The summed E-state index contributed by atoms with van der Waals surface area (Å²) in [5.74, 6) is 0.364. The van der Waals surface area contributed by atoms with Crippen LogP contribution in [0.5, 0.6) is 0 Å². The lowest BCUT2D eigenvalue weighted by atomic mass is 9.98. The smallest absolute Gasteiger partial charge is 0.290 e. The molecule has 0 radical (unpaired) electrons. The third-order valence-electron chi connectivity index (χ3n) is 4.82. The molecule has 122 valence electrons. The summed E-state index contributed by atoms with van der Waals surface area (Å²) in [7, 11) is 0. The monoisotopic (exact) mass is 320 g/mol. The van der Waals surface area contributed by atoms with Crippen LogP contribution in [0.15, 0.2) is 30.5 Å². The number of carbonyl (C=O) groups excluding carboxylic acids is 1. The third-order valence-corrected chi connectivity index (χ3v) is 4.82. The molecule has 24 heavy (non-hydrogen) atoms. The summed E-state index contributed by atoms with van der Waals surface area (Å²) >= 11 is 0. The van der Waals surface area contributed by atoms with Gasteiger partial charge in [-0.15, -0.1) is 0 Å². The quantitative estimate of drug-likeness (QED) is 0.748. The Morgan fingerprint density at radius 1 is 1.33 bits per heavy atom. The molecule has 1 aromatic carbocycles. The molecule has 0 saturated carbocycles. The number of nitrogens with zero attached hydrogens (tertiary/aromatic N) is 3. The highest BCUT2D eigenvalue weighted by Crippen LogP contribution is 2.29. The lowest BCUT2D eigenvalue weighted by Crippen LogP contribution is -2.39. The average Bonchev–Trinajstić information content (AvgIpc) is 2.99. The van der Waals surface area contributed by atoms with Crippen molar-refractivity contribution >= 4 is 16.9 Å². The summed E-state index contributed by atoms with van der Waals surface area (Å²) < 4.78 is 0. The maximum Gasteiger partial charge on any atom is 0.290 e. The molecule has 5 heteroatoms. The molecule has 0 fully saturated rings. The summed E-state index contributed by atoms with van der Waals surface area (Å²) in [4.78, 5) is 27.1. The molecular formula is C19H20N4O. The minimum atomic E-state index is -0.0507. The van der Waals surface area contributed by atoms with Crippen molar-refractivity contribution in [3.05, 3.63) is 58.7 Å². The van der Waals surface area contributed by atoms with E-state index in [1.54, 1.807) is 0 Å². The van der Waals surface area contributed by atoms with Crippen LogP contribution in [-0.2, 0) is 6.42 Å². The molecule has 0 unspecified atom stereocenters. The Morgan fingerprint density at radius 3 is 3.00 bits per heavy atom. The van der Waals surface area contributed by atoms with Crippen LogP contribution in [0.3, 0.4) is 0 Å². The van der Waals surface area contributed by atoms with E-state index in [0.717, 1.165) is 39.8 Å². The normalized spacial score (nSPS) is 17.1. The van der Waals surface area contributed by atoms with Crippen molar-refractivity contribution in [1.29, 1.82) is 0 Å². The Bertz CT molecular complexity index is 944. The number of pyridine rings is 1. The van der Waals surface area contributed by atoms with Crippen molar-refractivity contribution in [1.82, 2.24) is 19.9 Å². The van der Waals surface area contributed by atoms with E-state index in [2.05, 4.69) is 34.0 Å². The first-order valence-corrected chi connectivity index (χ1v) is 8.26. The van der Waals surface area contributed by atoms with Gasteiger partial charge in [0, 0.05) is 24.9 Å². The molecule has 1 N–H and O–H groups in total. The van der Waals surface area contributed by atoms with Crippen LogP contribution in [0.2, 0.25) is 0 Å². The highest BCUT2D eigenvalue weighted by molar-refractivity contribution is 5.95. The van der Waals surface area contributed by atoms with Gasteiger partial charge >= 0.3 is 0 Å². The van der Waals surface area contributed by atoms with Gasteiger partial charge < -0.3 is 9.88 Å². The number of aromatic nitrogens is 3. The molecule has 5 nitrogen and oxygen atoms in total. The highest BCUT2D eigenvalue weighted by atomic mass is 16.2. The van der Waals surface area contributed by atoms with Crippen molar-refractivity contribution in [2.45, 2.75) is 33.2 Å². The summed E-state index contributed by atoms with van der Waals surface area (Å²) in [5, 5.41) is 0. The maximum atomic E-state index is 13.0. The average molecular weight is 320 g/mol. The van der Waals surface area contributed by atoms with Gasteiger partial charge in [0.05, 0.1) is 17.1 Å². The number of nitrogens with one attached hydrogen (secondary N) is 1. The second kappa shape index (κ2) is 5.44. The number of amides is 1. The highest BCUT2D eigenvalue weighted by Gasteiger charge is 2.30. The van der Waals surface area contributed by atoms with Crippen LogP contribution in [0.25, 0.3) is 11.0 Å². The van der Waals surface area contributed by atoms with Crippen LogP contribution in [-0.4, -0.2) is 32.3 Å². The van der Waals surface area contributed by atoms with E-state index in [1.165, 1.54) is 0 Å². The minimum absolute atomic E-state index is 0.00555. The zero-order chi connectivity index (χ0) is 16.8. The van der Waals surface area contributed by atoms with E-state index in [4.69, 9.17) is 0 Å². The van der Waals surface area contributed by atoms with Crippen molar-refractivity contribution in [3.8, 4) is 0 Å². The first-order chi connectivity index (χ1) is 11.5. The van der Waals surface area contributed by atoms with Crippen molar-refractivity contribution in [2.75, 3.05) is 6.54 Å². The fraction of sp³-hybridized carbons (Fsp3) is 0.316. The van der Waals surface area contributed by atoms with Crippen LogP contribution < -0.4 is 0 Å². The van der Waals surface area contributed by atoms with Gasteiger partial charge in [-0.25, -0.2) is 4.98 Å². The lowest BCUT2D eigenvalue weighted by molar-refractivity contribution is 0.0665. The molecule has 1 amide bonds. The summed E-state index contributed by atoms with van der Waals surface area (Å²) in [6.07, 6.45) is 2.60. The standard InChI is InChI=1S/C19H20N4O/c1-11-9-12(2)17-16(10-11)21-18(22-17)19(24)23-8-6-15-14(13(23)3)5-4-7-20-15/h4-5,7,9-10,13H,6,8H2,1-3H3,(H,21,22)/t13-/m1/s1. The molecular weight excluding hydrogens is 300 g/mol. The molecule has 1 atom stereocenters. The molecule has 0 spiro atoms. The Balaban J connectivity index is 1.71. The SMILES string of the molecule is Cc1cc(C)c2nc(C(=O)N3CCc4ncccc4[C@H]3C)[nH]c2c1. The fourth-order valence-corrected chi connectivity index (χ4v) is 3.61.